The van der Waals surface area contributed by atoms with Crippen LogP contribution in [-0.4, -0.2) is 24.5 Å². The highest BCUT2D eigenvalue weighted by Gasteiger charge is 2.39. The molecule has 1 heterocycles. The zero-order valence-electron chi connectivity index (χ0n) is 13.9. The van der Waals surface area contributed by atoms with Gasteiger partial charge in [-0.05, 0) is 48.9 Å². The van der Waals surface area contributed by atoms with Crippen LogP contribution < -0.4 is 15.0 Å². The van der Waals surface area contributed by atoms with Crippen LogP contribution in [0.2, 0.25) is 5.02 Å². The Morgan fingerprint density at radius 2 is 1.96 bits per heavy atom. The van der Waals surface area contributed by atoms with Crippen molar-refractivity contribution in [1.29, 1.82) is 0 Å². The summed E-state index contributed by atoms with van der Waals surface area (Å²) in [6.45, 7) is 2.66. The molecular weight excluding hydrogens is 340 g/mol. The van der Waals surface area contributed by atoms with Crippen molar-refractivity contribution in [3.63, 3.8) is 0 Å². The zero-order valence-corrected chi connectivity index (χ0v) is 14.6. The quantitative estimate of drug-likeness (QED) is 0.796. The third-order valence-electron chi connectivity index (χ3n) is 3.88. The van der Waals surface area contributed by atoms with E-state index in [4.69, 9.17) is 16.3 Å². The fraction of sp³-hybridized carbons (Fsp3) is 0.263. The molecule has 25 heavy (non-hydrogen) atoms. The molecule has 5 nitrogen and oxygen atoms in total. The van der Waals surface area contributed by atoms with Gasteiger partial charge in [0.15, 0.2) is 0 Å². The van der Waals surface area contributed by atoms with E-state index in [-0.39, 0.29) is 18.2 Å². The van der Waals surface area contributed by atoms with Gasteiger partial charge in [-0.25, -0.2) is 4.90 Å². The summed E-state index contributed by atoms with van der Waals surface area (Å²) >= 11 is 5.96. The van der Waals surface area contributed by atoms with E-state index < -0.39 is 6.04 Å². The largest absolute Gasteiger partial charge is 0.494 e. The Morgan fingerprint density at radius 3 is 2.64 bits per heavy atom. The van der Waals surface area contributed by atoms with Crippen LogP contribution in [0, 0.1) is 0 Å². The molecule has 0 bridgehead atoms. The van der Waals surface area contributed by atoms with Crippen molar-refractivity contribution in [1.82, 2.24) is 0 Å². The monoisotopic (exact) mass is 358 g/mol. The molecule has 0 aliphatic carbocycles. The Morgan fingerprint density at radius 1 is 1.20 bits per heavy atom. The second kappa shape index (κ2) is 7.57. The molecule has 1 aliphatic rings. The maximum absolute atomic E-state index is 12.6. The number of benzene rings is 2. The Balaban J connectivity index is 1.72. The van der Waals surface area contributed by atoms with Gasteiger partial charge in [0.2, 0.25) is 5.91 Å². The molecule has 0 spiro atoms. The van der Waals surface area contributed by atoms with Gasteiger partial charge in [-0.3, -0.25) is 9.59 Å². The predicted molar refractivity (Wildman–Crippen MR) is 98.2 cm³/mol. The van der Waals surface area contributed by atoms with Gasteiger partial charge < -0.3 is 10.1 Å². The molecule has 2 aromatic rings. The smallest absolute Gasteiger partial charge is 0.256 e. The van der Waals surface area contributed by atoms with Gasteiger partial charge in [0.05, 0.1) is 18.7 Å². The molecule has 1 saturated heterocycles. The van der Waals surface area contributed by atoms with E-state index in [0.29, 0.717) is 23.0 Å². The first-order valence-corrected chi connectivity index (χ1v) is 8.58. The molecule has 2 amide bonds. The molecule has 2 aromatic carbocycles. The first-order valence-electron chi connectivity index (χ1n) is 8.20. The maximum Gasteiger partial charge on any atom is 0.256 e. The molecule has 0 saturated carbocycles. The lowest BCUT2D eigenvalue weighted by molar-refractivity contribution is -0.121. The minimum atomic E-state index is -0.595. The fourth-order valence-corrected chi connectivity index (χ4v) is 2.90. The topological polar surface area (TPSA) is 58.6 Å². The zero-order chi connectivity index (χ0) is 17.8. The maximum atomic E-state index is 12.6. The molecule has 3 rings (SSSR count). The highest BCUT2D eigenvalue weighted by molar-refractivity contribution is 6.30. The number of halogens is 1. The van der Waals surface area contributed by atoms with Crippen molar-refractivity contribution < 1.29 is 14.3 Å². The number of nitrogens with one attached hydrogen (secondary N) is 1. The number of hydrogen-bond donors (Lipinski definition) is 1. The number of imide groups is 1. The molecule has 0 aromatic heterocycles. The summed E-state index contributed by atoms with van der Waals surface area (Å²) in [5, 5.41) is 3.65. The van der Waals surface area contributed by atoms with Gasteiger partial charge in [-0.15, -0.1) is 0 Å². The minimum absolute atomic E-state index is 0.111. The lowest BCUT2D eigenvalue weighted by Crippen LogP contribution is -2.34. The number of carbonyl (C=O) groups excluding carboxylic acids is 2. The number of ether oxygens (including phenoxy) is 1. The number of nitrogens with zero attached hydrogens (tertiary/aromatic N) is 1. The Kier molecular flexibility index (Phi) is 5.24. The van der Waals surface area contributed by atoms with Crippen LogP contribution in [0.25, 0.3) is 0 Å². The van der Waals surface area contributed by atoms with Crippen LogP contribution in [0.4, 0.5) is 11.4 Å². The summed E-state index contributed by atoms with van der Waals surface area (Å²) in [5.41, 5.74) is 1.26. The summed E-state index contributed by atoms with van der Waals surface area (Å²) < 4.78 is 5.52. The van der Waals surface area contributed by atoms with Gasteiger partial charge in [0.1, 0.15) is 11.8 Å². The van der Waals surface area contributed by atoms with Crippen LogP contribution in [-0.2, 0) is 9.59 Å². The predicted octanol–water partition coefficient (Wildman–Crippen LogP) is 3.87. The molecule has 0 radical (unpaired) electrons. The molecule has 130 valence electrons. The van der Waals surface area contributed by atoms with Crippen LogP contribution in [0.15, 0.2) is 48.5 Å². The van der Waals surface area contributed by atoms with Gasteiger partial charge in [0, 0.05) is 10.7 Å². The van der Waals surface area contributed by atoms with Crippen molar-refractivity contribution in [3.05, 3.63) is 53.6 Å². The number of hydrogen-bond acceptors (Lipinski definition) is 4. The van der Waals surface area contributed by atoms with Crippen LogP contribution in [0.1, 0.15) is 19.8 Å². The van der Waals surface area contributed by atoms with Crippen molar-refractivity contribution in [2.75, 3.05) is 16.8 Å². The Labute approximate surface area is 151 Å². The van der Waals surface area contributed by atoms with E-state index in [0.717, 1.165) is 12.2 Å². The van der Waals surface area contributed by atoms with Gasteiger partial charge >= 0.3 is 0 Å². The highest BCUT2D eigenvalue weighted by atomic mass is 35.5. The van der Waals surface area contributed by atoms with Crippen LogP contribution in [0.5, 0.6) is 5.75 Å². The van der Waals surface area contributed by atoms with Crippen LogP contribution in [0.3, 0.4) is 0 Å². The molecule has 1 aliphatic heterocycles. The second-order valence-electron chi connectivity index (χ2n) is 5.82. The summed E-state index contributed by atoms with van der Waals surface area (Å²) in [5.74, 6) is 0.220. The first-order chi connectivity index (χ1) is 12.1. The lowest BCUT2D eigenvalue weighted by atomic mass is 10.2. The number of rotatable bonds is 6. The normalized spacial score (nSPS) is 17.0. The number of amides is 2. The second-order valence-corrected chi connectivity index (χ2v) is 6.26. The molecule has 6 heteroatoms. The first kappa shape index (κ1) is 17.3. The summed E-state index contributed by atoms with van der Waals surface area (Å²) in [4.78, 5) is 26.2. The molecule has 1 unspecified atom stereocenters. The average molecular weight is 359 g/mol. The molecule has 1 N–H and O–H groups in total. The van der Waals surface area contributed by atoms with E-state index in [1.54, 1.807) is 42.5 Å². The third-order valence-corrected chi connectivity index (χ3v) is 4.12. The van der Waals surface area contributed by atoms with Gasteiger partial charge in [-0.2, -0.15) is 0 Å². The SMILES string of the molecule is CCCOc1ccc(N2C(=O)CC(Nc3cccc(Cl)c3)C2=O)cc1. The minimum Gasteiger partial charge on any atom is -0.494 e. The average Bonchev–Trinajstić information content (AvgIpc) is 2.87. The van der Waals surface area contributed by atoms with Gasteiger partial charge in [-0.1, -0.05) is 24.6 Å². The standard InChI is InChI=1S/C19H19ClN2O3/c1-2-10-25-16-8-6-15(7-9-16)22-18(23)12-17(19(22)24)21-14-5-3-4-13(20)11-14/h3-9,11,17,21H,2,10,12H2,1H3. The van der Waals surface area contributed by atoms with Crippen molar-refractivity contribution in [2.24, 2.45) is 0 Å². The summed E-state index contributed by atoms with van der Waals surface area (Å²) in [6.07, 6.45) is 1.03. The molecule has 1 atom stereocenters. The molecule has 1 fully saturated rings. The van der Waals surface area contributed by atoms with Crippen LogP contribution >= 0.6 is 11.6 Å². The van der Waals surface area contributed by atoms with E-state index >= 15 is 0 Å². The fourth-order valence-electron chi connectivity index (χ4n) is 2.71. The summed E-state index contributed by atoms with van der Waals surface area (Å²) in [6, 6.07) is 13.5. The van der Waals surface area contributed by atoms with Gasteiger partial charge in [0.25, 0.3) is 5.91 Å². The highest BCUT2D eigenvalue weighted by Crippen LogP contribution is 2.27. The van der Waals surface area contributed by atoms with E-state index in [9.17, 15) is 9.59 Å². The number of anilines is 2. The lowest BCUT2D eigenvalue weighted by Gasteiger charge is -2.16. The Hall–Kier alpha value is -2.53. The van der Waals surface area contributed by atoms with Crippen molar-refractivity contribution >= 4 is 34.8 Å². The third kappa shape index (κ3) is 3.94. The number of carbonyl (C=O) groups is 2. The van der Waals surface area contributed by atoms with E-state index in [1.165, 1.54) is 4.90 Å². The van der Waals surface area contributed by atoms with Crippen molar-refractivity contribution in [3.8, 4) is 5.75 Å². The molecular formula is C19H19ClN2O3. The van der Waals surface area contributed by atoms with E-state index in [1.807, 2.05) is 13.0 Å². The Bertz CT molecular complexity index is 776. The van der Waals surface area contributed by atoms with E-state index in [2.05, 4.69) is 5.32 Å². The summed E-state index contributed by atoms with van der Waals surface area (Å²) in [7, 11) is 0. The van der Waals surface area contributed by atoms with Crippen molar-refractivity contribution in [2.45, 2.75) is 25.8 Å².